The number of alkyl halides is 2. The number of carbonyl (C=O) groups is 1. The van der Waals surface area contributed by atoms with Crippen LogP contribution in [0.5, 0.6) is 0 Å². The molecule has 1 atom stereocenters. The standard InChI is InChI=1S/C20H21ClF3N3O3S/c1-10(14-8-7-13(9-15(14)21)31(4,29)30)11(2)27(12-5-6-12)20(28)16-17(18(22)23)25-26(3)19(16)24/h7-9,11-12,18H,1,5-6H2,2-4H3. The molecule has 1 fully saturated rings. The van der Waals surface area contributed by atoms with Gasteiger partial charge < -0.3 is 4.90 Å². The van der Waals surface area contributed by atoms with Crippen LogP contribution in [-0.4, -0.2) is 47.3 Å². The summed E-state index contributed by atoms with van der Waals surface area (Å²) >= 11 is 6.26. The fourth-order valence-electron chi connectivity index (χ4n) is 3.39. The monoisotopic (exact) mass is 475 g/mol. The van der Waals surface area contributed by atoms with Gasteiger partial charge in [-0.3, -0.25) is 4.79 Å². The molecular weight excluding hydrogens is 455 g/mol. The van der Waals surface area contributed by atoms with Gasteiger partial charge in [0.2, 0.25) is 5.95 Å². The number of hydrogen-bond acceptors (Lipinski definition) is 4. The number of aryl methyl sites for hydroxylation is 1. The zero-order valence-electron chi connectivity index (χ0n) is 17.1. The third-order valence-electron chi connectivity index (χ3n) is 5.24. The molecule has 1 aromatic carbocycles. The van der Waals surface area contributed by atoms with E-state index in [4.69, 9.17) is 11.6 Å². The Kier molecular flexibility index (Phi) is 6.25. The van der Waals surface area contributed by atoms with Crippen molar-refractivity contribution >= 4 is 32.9 Å². The zero-order chi connectivity index (χ0) is 23.2. The van der Waals surface area contributed by atoms with E-state index in [9.17, 15) is 26.4 Å². The van der Waals surface area contributed by atoms with E-state index in [-0.39, 0.29) is 16.0 Å². The first-order valence-electron chi connectivity index (χ1n) is 9.36. The molecule has 31 heavy (non-hydrogen) atoms. The van der Waals surface area contributed by atoms with Crippen molar-refractivity contribution in [3.63, 3.8) is 0 Å². The van der Waals surface area contributed by atoms with Gasteiger partial charge in [0.1, 0.15) is 11.3 Å². The second-order valence-corrected chi connectivity index (χ2v) is 9.96. The highest BCUT2D eigenvalue weighted by molar-refractivity contribution is 7.90. The van der Waals surface area contributed by atoms with E-state index in [1.54, 1.807) is 6.92 Å². The molecule has 3 rings (SSSR count). The molecule has 1 saturated carbocycles. The first-order valence-corrected chi connectivity index (χ1v) is 11.6. The summed E-state index contributed by atoms with van der Waals surface area (Å²) in [5.41, 5.74) is -0.902. The lowest BCUT2D eigenvalue weighted by molar-refractivity contribution is 0.0698. The third-order valence-corrected chi connectivity index (χ3v) is 6.66. The summed E-state index contributed by atoms with van der Waals surface area (Å²) in [6, 6.07) is 3.14. The predicted molar refractivity (Wildman–Crippen MR) is 110 cm³/mol. The lowest BCUT2D eigenvalue weighted by atomic mass is 9.99. The van der Waals surface area contributed by atoms with Crippen LogP contribution >= 0.6 is 11.6 Å². The van der Waals surface area contributed by atoms with Gasteiger partial charge in [0.15, 0.2) is 9.84 Å². The van der Waals surface area contributed by atoms with Crippen molar-refractivity contribution in [1.29, 1.82) is 0 Å². The van der Waals surface area contributed by atoms with E-state index in [2.05, 4.69) is 11.7 Å². The van der Waals surface area contributed by atoms with Crippen molar-refractivity contribution in [2.45, 2.75) is 43.2 Å². The van der Waals surface area contributed by atoms with Crippen LogP contribution in [0.4, 0.5) is 13.2 Å². The zero-order valence-corrected chi connectivity index (χ0v) is 18.6. The van der Waals surface area contributed by atoms with Gasteiger partial charge in [0, 0.05) is 24.4 Å². The van der Waals surface area contributed by atoms with Gasteiger partial charge in [-0.2, -0.15) is 9.49 Å². The Hall–Kier alpha value is -2.33. The minimum atomic E-state index is -3.47. The number of aromatic nitrogens is 2. The number of sulfone groups is 1. The van der Waals surface area contributed by atoms with E-state index >= 15 is 0 Å². The van der Waals surface area contributed by atoms with Gasteiger partial charge in [-0.05, 0) is 43.0 Å². The summed E-state index contributed by atoms with van der Waals surface area (Å²) in [5, 5.41) is 3.56. The van der Waals surface area contributed by atoms with E-state index in [0.29, 0.717) is 28.7 Å². The molecule has 2 aromatic rings. The van der Waals surface area contributed by atoms with Crippen LogP contribution in [-0.2, 0) is 16.9 Å². The second kappa shape index (κ2) is 8.31. The number of rotatable bonds is 7. The highest BCUT2D eigenvalue weighted by Crippen LogP contribution is 2.37. The summed E-state index contributed by atoms with van der Waals surface area (Å²) in [6.07, 6.45) is -0.801. The molecule has 0 bridgehead atoms. The molecule has 1 amide bonds. The van der Waals surface area contributed by atoms with Crippen molar-refractivity contribution in [2.75, 3.05) is 6.26 Å². The Morgan fingerprint density at radius 1 is 1.35 bits per heavy atom. The van der Waals surface area contributed by atoms with Crippen LogP contribution in [0, 0.1) is 5.95 Å². The minimum absolute atomic E-state index is 0.0239. The van der Waals surface area contributed by atoms with Gasteiger partial charge >= 0.3 is 0 Å². The fraction of sp³-hybridized carbons (Fsp3) is 0.400. The first kappa shape index (κ1) is 23.3. The van der Waals surface area contributed by atoms with Gasteiger partial charge in [0.25, 0.3) is 12.3 Å². The Labute approximate surface area is 183 Å². The fourth-order valence-corrected chi connectivity index (χ4v) is 4.41. The van der Waals surface area contributed by atoms with Crippen LogP contribution in [0.25, 0.3) is 5.57 Å². The number of nitrogens with zero attached hydrogens (tertiary/aromatic N) is 3. The van der Waals surface area contributed by atoms with Gasteiger partial charge in [-0.15, -0.1) is 0 Å². The van der Waals surface area contributed by atoms with Crippen LogP contribution in [0.2, 0.25) is 5.02 Å². The maximum atomic E-state index is 14.5. The van der Waals surface area contributed by atoms with Crippen LogP contribution in [0.3, 0.4) is 0 Å². The largest absolute Gasteiger partial charge is 0.329 e. The molecule has 6 nitrogen and oxygen atoms in total. The molecular formula is C20H21ClF3N3O3S. The molecule has 1 unspecified atom stereocenters. The van der Waals surface area contributed by atoms with Crippen molar-refractivity contribution in [1.82, 2.24) is 14.7 Å². The molecule has 0 radical (unpaired) electrons. The Bertz CT molecular complexity index is 1160. The summed E-state index contributed by atoms with van der Waals surface area (Å²) in [6.45, 7) is 5.61. The van der Waals surface area contributed by atoms with Gasteiger partial charge in [-0.25, -0.2) is 21.9 Å². The van der Waals surface area contributed by atoms with Crippen LogP contribution in [0.1, 0.15) is 47.8 Å². The van der Waals surface area contributed by atoms with Crippen LogP contribution in [0.15, 0.2) is 29.7 Å². The van der Waals surface area contributed by atoms with Crippen molar-refractivity contribution in [3.05, 3.63) is 52.6 Å². The number of amides is 1. The van der Waals surface area contributed by atoms with E-state index < -0.39 is 45.4 Å². The lowest BCUT2D eigenvalue weighted by Crippen LogP contribution is -2.41. The summed E-state index contributed by atoms with van der Waals surface area (Å²) in [7, 11) is -2.33. The van der Waals surface area contributed by atoms with E-state index in [1.807, 2.05) is 0 Å². The molecule has 168 valence electrons. The Morgan fingerprint density at radius 2 is 1.97 bits per heavy atom. The summed E-state index contributed by atoms with van der Waals surface area (Å²) in [4.78, 5) is 14.5. The van der Waals surface area contributed by atoms with Crippen molar-refractivity contribution in [3.8, 4) is 0 Å². The maximum absolute atomic E-state index is 14.5. The smallest absolute Gasteiger partial charge is 0.283 e. The molecule has 0 aliphatic heterocycles. The highest BCUT2D eigenvalue weighted by Gasteiger charge is 2.41. The average Bonchev–Trinajstić information content (AvgIpc) is 3.45. The molecule has 0 spiro atoms. The predicted octanol–water partition coefficient (Wildman–Crippen LogP) is 4.26. The number of benzene rings is 1. The van der Waals surface area contributed by atoms with E-state index in [0.717, 1.165) is 13.3 Å². The SMILES string of the molecule is C=C(c1ccc(S(C)(=O)=O)cc1Cl)C(C)N(C(=O)c1c(C(F)F)nn(C)c1F)C1CC1. The topological polar surface area (TPSA) is 72.3 Å². The normalized spacial score (nSPS) is 15.2. The van der Waals surface area contributed by atoms with Gasteiger partial charge in [0.05, 0.1) is 10.9 Å². The summed E-state index contributed by atoms with van der Waals surface area (Å²) < 4.78 is 65.3. The molecule has 0 saturated heterocycles. The highest BCUT2D eigenvalue weighted by atomic mass is 35.5. The molecule has 0 N–H and O–H groups in total. The maximum Gasteiger partial charge on any atom is 0.283 e. The number of carbonyl (C=O) groups excluding carboxylic acids is 1. The quantitative estimate of drug-likeness (QED) is 0.600. The van der Waals surface area contributed by atoms with Crippen molar-refractivity contribution < 1.29 is 26.4 Å². The molecule has 1 aliphatic rings. The number of halogens is 4. The van der Waals surface area contributed by atoms with Crippen molar-refractivity contribution in [2.24, 2.45) is 7.05 Å². The minimum Gasteiger partial charge on any atom is -0.329 e. The lowest BCUT2D eigenvalue weighted by Gasteiger charge is -2.31. The van der Waals surface area contributed by atoms with E-state index in [1.165, 1.54) is 23.1 Å². The molecule has 1 aromatic heterocycles. The average molecular weight is 476 g/mol. The Morgan fingerprint density at radius 3 is 2.45 bits per heavy atom. The summed E-state index contributed by atoms with van der Waals surface area (Å²) in [5.74, 6) is -2.04. The second-order valence-electron chi connectivity index (χ2n) is 7.53. The first-order chi connectivity index (χ1) is 14.3. The van der Waals surface area contributed by atoms with Crippen LogP contribution < -0.4 is 0 Å². The molecule has 11 heteroatoms. The third kappa shape index (κ3) is 4.50. The van der Waals surface area contributed by atoms with Gasteiger partial charge in [-0.1, -0.05) is 24.2 Å². The molecule has 1 heterocycles. The number of hydrogen-bond donors (Lipinski definition) is 0. The Balaban J connectivity index is 1.98. The molecule has 1 aliphatic carbocycles.